The molecular weight excluding hydrogens is 336 g/mol. The summed E-state index contributed by atoms with van der Waals surface area (Å²) in [7, 11) is 0. The van der Waals surface area contributed by atoms with Gasteiger partial charge in [0.15, 0.2) is 0 Å². The van der Waals surface area contributed by atoms with E-state index in [9.17, 15) is 0 Å². The normalized spacial score (nSPS) is 92.1. The minimum atomic E-state index is 0.464. The minimum Gasteiger partial charge on any atom is -0.0616 e. The Labute approximate surface area is 172 Å². The number of rotatable bonds is 0. The molecule has 0 aromatic carbocycles. The Morgan fingerprint density at radius 2 is 0.714 bits per heavy atom. The summed E-state index contributed by atoms with van der Waals surface area (Å²) in [6.07, 6.45) is 0. The van der Waals surface area contributed by atoms with Crippen LogP contribution in [0.3, 0.4) is 0 Å². The standard InChI is InChI=1S/C28H40/c1-13-15-16-14(2)20(8)22(10)18(5,6)24(12)23(11)17(3,4)21(9)19(13,7)25(15)26(16,20)28(22,24)27(21,23)25/h13-16H,1-12H3. The molecule has 0 aromatic heterocycles. The first kappa shape index (κ1) is 15.8. The van der Waals surface area contributed by atoms with Crippen molar-refractivity contribution in [3.63, 3.8) is 0 Å². The highest BCUT2D eigenvalue weighted by Crippen LogP contribution is 3.40. The van der Waals surface area contributed by atoms with Crippen molar-refractivity contribution in [2.75, 3.05) is 0 Å². The molecule has 0 heteroatoms. The smallest absolute Gasteiger partial charge is 0.00238 e. The minimum absolute atomic E-state index is 0.464. The van der Waals surface area contributed by atoms with Crippen LogP contribution in [0.2, 0.25) is 0 Å². The molecule has 28 heavy (non-hydrogen) atoms. The van der Waals surface area contributed by atoms with Crippen molar-refractivity contribution in [3.05, 3.63) is 0 Å². The van der Waals surface area contributed by atoms with E-state index >= 15 is 0 Å². The van der Waals surface area contributed by atoms with Crippen LogP contribution < -0.4 is 0 Å². The van der Waals surface area contributed by atoms with Gasteiger partial charge in [0.2, 0.25) is 0 Å². The first-order valence-corrected chi connectivity index (χ1v) is 12.6. The molecule has 0 saturated heterocycles. The van der Waals surface area contributed by atoms with Crippen LogP contribution >= 0.6 is 0 Å². The summed E-state index contributed by atoms with van der Waals surface area (Å²) in [5, 5.41) is 0. The maximum Gasteiger partial charge on any atom is -0.00238 e. The SMILES string of the molecule is CC1C2C3C(C)C4(C)C5(C)C(C)(C)C6(C)C7(C)C(C)(C)C8(C)C1(C)C21C34C56C871. The molecule has 4 spiro atoms. The summed E-state index contributed by atoms with van der Waals surface area (Å²) in [4.78, 5) is 0. The fraction of sp³-hybridized carbons (Fsp3) is 1.00. The third-order valence-electron chi connectivity index (χ3n) is 19.4. The molecule has 152 valence electrons. The zero-order valence-corrected chi connectivity index (χ0v) is 20.3. The average Bonchev–Trinajstić information content (AvgIpc) is 2.61. The van der Waals surface area contributed by atoms with Gasteiger partial charge in [-0.1, -0.05) is 83.1 Å². The van der Waals surface area contributed by atoms with Crippen molar-refractivity contribution in [3.8, 4) is 0 Å². The van der Waals surface area contributed by atoms with E-state index in [-0.39, 0.29) is 0 Å². The Bertz CT molecular complexity index is 982. The lowest BCUT2D eigenvalue weighted by Crippen LogP contribution is -3.37. The Balaban J connectivity index is 1.48. The fourth-order valence-corrected chi connectivity index (χ4v) is 19.9. The molecule has 9 saturated carbocycles. The molecule has 9 rings (SSSR count). The molecule has 14 unspecified atom stereocenters. The van der Waals surface area contributed by atoms with Gasteiger partial charge < -0.3 is 0 Å². The first-order valence-electron chi connectivity index (χ1n) is 12.6. The van der Waals surface area contributed by atoms with Crippen LogP contribution in [-0.2, 0) is 0 Å². The van der Waals surface area contributed by atoms with Crippen molar-refractivity contribution in [2.24, 2.45) is 88.7 Å². The van der Waals surface area contributed by atoms with Crippen molar-refractivity contribution in [1.29, 1.82) is 0 Å². The monoisotopic (exact) mass is 376 g/mol. The van der Waals surface area contributed by atoms with Gasteiger partial charge in [0.1, 0.15) is 0 Å². The van der Waals surface area contributed by atoms with Gasteiger partial charge in [0, 0.05) is 0 Å². The summed E-state index contributed by atoms with van der Waals surface area (Å²) in [5.74, 6) is 4.07. The summed E-state index contributed by atoms with van der Waals surface area (Å²) in [6, 6.07) is 0. The largest absolute Gasteiger partial charge is 0.0616 e. The van der Waals surface area contributed by atoms with Crippen LogP contribution in [0.5, 0.6) is 0 Å². The molecule has 0 heterocycles. The topological polar surface area (TPSA) is 0 Å². The van der Waals surface area contributed by atoms with Crippen molar-refractivity contribution in [1.82, 2.24) is 0 Å². The van der Waals surface area contributed by atoms with Gasteiger partial charge in [-0.15, -0.1) is 0 Å². The van der Waals surface area contributed by atoms with Crippen molar-refractivity contribution < 1.29 is 0 Å². The number of hydrogen-bond acceptors (Lipinski definition) is 0. The van der Waals surface area contributed by atoms with Crippen LogP contribution in [-0.4, -0.2) is 0 Å². The van der Waals surface area contributed by atoms with Crippen LogP contribution in [0.4, 0.5) is 0 Å². The summed E-state index contributed by atoms with van der Waals surface area (Å²) in [6.45, 7) is 33.1. The molecule has 14 atom stereocenters. The van der Waals surface area contributed by atoms with E-state index in [0.717, 1.165) is 34.5 Å². The Morgan fingerprint density at radius 1 is 0.429 bits per heavy atom. The van der Waals surface area contributed by atoms with E-state index in [1.165, 1.54) is 0 Å². The van der Waals surface area contributed by atoms with Crippen LogP contribution in [0.1, 0.15) is 83.1 Å². The lowest BCUT2D eigenvalue weighted by Gasteiger charge is -3.39. The molecule has 9 aliphatic rings. The lowest BCUT2D eigenvalue weighted by atomic mass is 8.64. The zero-order valence-electron chi connectivity index (χ0n) is 20.3. The molecule has 0 radical (unpaired) electrons. The van der Waals surface area contributed by atoms with E-state index in [2.05, 4.69) is 83.1 Å². The van der Waals surface area contributed by atoms with E-state index in [0.29, 0.717) is 54.1 Å². The molecule has 0 nitrogen and oxygen atoms in total. The molecule has 0 aromatic rings. The van der Waals surface area contributed by atoms with Crippen molar-refractivity contribution >= 4 is 0 Å². The summed E-state index contributed by atoms with van der Waals surface area (Å²) < 4.78 is 0. The van der Waals surface area contributed by atoms with Crippen LogP contribution in [0.15, 0.2) is 0 Å². The highest BCUT2D eigenvalue weighted by Gasteiger charge is 3.38. The van der Waals surface area contributed by atoms with E-state index in [1.54, 1.807) is 0 Å². The molecule has 0 bridgehead atoms. The van der Waals surface area contributed by atoms with Gasteiger partial charge in [-0.2, -0.15) is 0 Å². The Kier molecular flexibility index (Phi) is 1.46. The molecule has 9 fully saturated rings. The maximum atomic E-state index is 2.81. The predicted octanol–water partition coefficient (Wildman–Crippen LogP) is 6.65. The van der Waals surface area contributed by atoms with Gasteiger partial charge in [0.25, 0.3) is 0 Å². The number of hydrogen-bond donors (Lipinski definition) is 0. The molecular formula is C28H40. The molecule has 0 amide bonds. The Morgan fingerprint density at radius 3 is 1.00 bits per heavy atom. The Hall–Kier alpha value is 0. The highest BCUT2D eigenvalue weighted by atomic mass is 15.4. The van der Waals surface area contributed by atoms with Gasteiger partial charge in [-0.3, -0.25) is 0 Å². The quantitative estimate of drug-likeness (QED) is 0.444. The number of fused-ring (bicyclic) bond motifs is 4. The summed E-state index contributed by atoms with van der Waals surface area (Å²) in [5.41, 5.74) is 7.21. The fourth-order valence-electron chi connectivity index (χ4n) is 19.9. The maximum absolute atomic E-state index is 2.81. The van der Waals surface area contributed by atoms with Gasteiger partial charge >= 0.3 is 0 Å². The van der Waals surface area contributed by atoms with Gasteiger partial charge in [-0.05, 0) is 88.7 Å². The van der Waals surface area contributed by atoms with Gasteiger partial charge in [0.05, 0.1) is 0 Å². The van der Waals surface area contributed by atoms with Gasteiger partial charge in [-0.25, -0.2) is 0 Å². The summed E-state index contributed by atoms with van der Waals surface area (Å²) >= 11 is 0. The highest BCUT2D eigenvalue weighted by molar-refractivity contribution is 5.83. The second-order valence-electron chi connectivity index (χ2n) is 15.9. The second-order valence-corrected chi connectivity index (χ2v) is 15.9. The average molecular weight is 377 g/mol. The van der Waals surface area contributed by atoms with Crippen molar-refractivity contribution in [2.45, 2.75) is 83.1 Å². The predicted molar refractivity (Wildman–Crippen MR) is 111 cm³/mol. The van der Waals surface area contributed by atoms with E-state index < -0.39 is 0 Å². The zero-order chi connectivity index (χ0) is 20.3. The van der Waals surface area contributed by atoms with E-state index in [4.69, 9.17) is 0 Å². The van der Waals surface area contributed by atoms with Crippen LogP contribution in [0, 0.1) is 88.7 Å². The second kappa shape index (κ2) is 2.59. The third-order valence-corrected chi connectivity index (χ3v) is 19.4. The molecule has 0 aliphatic heterocycles. The molecule has 9 aliphatic carbocycles. The molecule has 0 N–H and O–H groups in total. The third kappa shape index (κ3) is 0.455. The lowest BCUT2D eigenvalue weighted by molar-refractivity contribution is -0.937. The van der Waals surface area contributed by atoms with E-state index in [1.807, 2.05) is 0 Å². The van der Waals surface area contributed by atoms with Crippen LogP contribution in [0.25, 0.3) is 0 Å². The first-order chi connectivity index (χ1) is 12.6.